The van der Waals surface area contributed by atoms with Crippen LogP contribution in [0.5, 0.6) is 0 Å². The van der Waals surface area contributed by atoms with Crippen LogP contribution < -0.4 is 4.90 Å². The maximum Gasteiger partial charge on any atom is 0.224 e. The first kappa shape index (κ1) is 18.0. The average molecular weight is 314 g/mol. The molecule has 0 fully saturated rings. The van der Waals surface area contributed by atoms with Crippen molar-refractivity contribution < 1.29 is 9.18 Å². The molecule has 0 bridgehead atoms. The number of amides is 1. The number of anilines is 1. The molecule has 0 N–H and O–H groups in total. The number of carbonyl (C=O) groups excluding carboxylic acids is 1. The van der Waals surface area contributed by atoms with E-state index in [1.165, 1.54) is 6.07 Å². The zero-order valence-electron chi connectivity index (χ0n) is 13.2. The van der Waals surface area contributed by atoms with Crippen LogP contribution in [0.1, 0.15) is 59.3 Å². The maximum absolute atomic E-state index is 13.3. The highest BCUT2D eigenvalue weighted by molar-refractivity contribution is 6.31. The average Bonchev–Trinajstić information content (AvgIpc) is 2.45. The summed E-state index contributed by atoms with van der Waals surface area (Å²) in [6.45, 7) is 5.84. The van der Waals surface area contributed by atoms with Gasteiger partial charge in [-0.25, -0.2) is 4.39 Å². The first-order valence-corrected chi connectivity index (χ1v) is 8.13. The van der Waals surface area contributed by atoms with E-state index in [0.29, 0.717) is 5.69 Å². The zero-order valence-corrected chi connectivity index (χ0v) is 13.9. The van der Waals surface area contributed by atoms with Crippen LogP contribution >= 0.6 is 11.6 Å². The van der Waals surface area contributed by atoms with Gasteiger partial charge in [-0.2, -0.15) is 0 Å². The molecule has 2 nitrogen and oxygen atoms in total. The van der Waals surface area contributed by atoms with Gasteiger partial charge in [-0.15, -0.1) is 0 Å². The lowest BCUT2D eigenvalue weighted by molar-refractivity contribution is -0.117. The Morgan fingerprint density at radius 1 is 1.24 bits per heavy atom. The molecule has 1 amide bonds. The van der Waals surface area contributed by atoms with Crippen LogP contribution in [0.4, 0.5) is 10.1 Å². The van der Waals surface area contributed by atoms with E-state index in [0.717, 1.165) is 38.5 Å². The topological polar surface area (TPSA) is 20.3 Å². The summed E-state index contributed by atoms with van der Waals surface area (Å²) in [6.07, 6.45) is 6.27. The minimum Gasteiger partial charge on any atom is -0.310 e. The number of rotatable bonds is 8. The van der Waals surface area contributed by atoms with E-state index in [-0.39, 0.29) is 17.0 Å². The number of unbranched alkanes of at least 4 members (excludes halogenated alkanes) is 2. The summed E-state index contributed by atoms with van der Waals surface area (Å²) in [6, 6.07) is 4.66. The van der Waals surface area contributed by atoms with Gasteiger partial charge in [-0.05, 0) is 31.0 Å². The Morgan fingerprint density at radius 2 is 1.81 bits per heavy atom. The number of nitrogens with zero attached hydrogens (tertiary/aromatic N) is 1. The molecule has 0 radical (unpaired) electrons. The van der Waals surface area contributed by atoms with Gasteiger partial charge in [0.1, 0.15) is 5.82 Å². The molecule has 1 rings (SSSR count). The van der Waals surface area contributed by atoms with Gasteiger partial charge in [0.2, 0.25) is 5.91 Å². The van der Waals surface area contributed by atoms with Gasteiger partial charge in [0.05, 0.1) is 5.02 Å². The second-order valence-corrected chi connectivity index (χ2v) is 5.83. The molecule has 0 aromatic heterocycles. The second kappa shape index (κ2) is 9.04. The highest BCUT2D eigenvalue weighted by atomic mass is 35.5. The van der Waals surface area contributed by atoms with Crippen LogP contribution in [0.15, 0.2) is 18.2 Å². The molecule has 4 heteroatoms. The Balaban J connectivity index is 3.04. The van der Waals surface area contributed by atoms with E-state index >= 15 is 0 Å². The van der Waals surface area contributed by atoms with Crippen molar-refractivity contribution >= 4 is 23.2 Å². The third kappa shape index (κ3) is 5.31. The molecule has 1 aromatic rings. The van der Waals surface area contributed by atoms with Gasteiger partial charge in [-0.3, -0.25) is 4.79 Å². The largest absolute Gasteiger partial charge is 0.310 e. The standard InChI is InChI=1S/C17H25ClFNO/c1-4-6-8-14(9-7-5-2)20(13(3)21)15-10-11-17(19)16(18)12-15/h10-12,14H,4-9H2,1-3H3. The second-order valence-electron chi connectivity index (χ2n) is 5.43. The molecule has 0 aliphatic carbocycles. The lowest BCUT2D eigenvalue weighted by Gasteiger charge is -2.31. The zero-order chi connectivity index (χ0) is 15.8. The van der Waals surface area contributed by atoms with E-state index in [2.05, 4.69) is 13.8 Å². The molecule has 1 aromatic carbocycles. The fourth-order valence-electron chi connectivity index (χ4n) is 2.57. The van der Waals surface area contributed by atoms with E-state index in [4.69, 9.17) is 11.6 Å². The Kier molecular flexibility index (Phi) is 7.73. The summed E-state index contributed by atoms with van der Waals surface area (Å²) in [5.74, 6) is -0.475. The normalized spacial score (nSPS) is 11.0. The van der Waals surface area contributed by atoms with E-state index in [1.54, 1.807) is 24.0 Å². The van der Waals surface area contributed by atoms with Crippen molar-refractivity contribution in [2.45, 2.75) is 65.3 Å². The lowest BCUT2D eigenvalue weighted by atomic mass is 10.0. The van der Waals surface area contributed by atoms with Crippen LogP contribution in [0.25, 0.3) is 0 Å². The Labute approximate surface area is 132 Å². The van der Waals surface area contributed by atoms with Crippen molar-refractivity contribution in [2.75, 3.05) is 4.90 Å². The number of hydrogen-bond donors (Lipinski definition) is 0. The Bertz CT molecular complexity index is 456. The molecule has 0 aliphatic rings. The number of hydrogen-bond acceptors (Lipinski definition) is 1. The molecular weight excluding hydrogens is 289 g/mol. The molecule has 0 saturated heterocycles. The Hall–Kier alpha value is -1.09. The van der Waals surface area contributed by atoms with E-state index in [9.17, 15) is 9.18 Å². The van der Waals surface area contributed by atoms with Crippen molar-refractivity contribution in [1.82, 2.24) is 0 Å². The fraction of sp³-hybridized carbons (Fsp3) is 0.588. The molecule has 21 heavy (non-hydrogen) atoms. The molecule has 0 spiro atoms. The van der Waals surface area contributed by atoms with Crippen LogP contribution in [0, 0.1) is 5.82 Å². The predicted octanol–water partition coefficient (Wildman–Crippen LogP) is 5.58. The molecule has 118 valence electrons. The quantitative estimate of drug-likeness (QED) is 0.613. The van der Waals surface area contributed by atoms with Crippen LogP contribution in [0.3, 0.4) is 0 Å². The Morgan fingerprint density at radius 3 is 2.24 bits per heavy atom. The van der Waals surface area contributed by atoms with Crippen LogP contribution in [-0.4, -0.2) is 11.9 Å². The summed E-state index contributed by atoms with van der Waals surface area (Å²) in [5, 5.41) is 0.0588. The summed E-state index contributed by atoms with van der Waals surface area (Å²) in [5.41, 5.74) is 0.686. The van der Waals surface area contributed by atoms with Gasteiger partial charge < -0.3 is 4.90 Å². The third-order valence-corrected chi connectivity index (χ3v) is 3.96. The number of halogens is 2. The van der Waals surface area contributed by atoms with Crippen molar-refractivity contribution in [3.05, 3.63) is 29.0 Å². The van der Waals surface area contributed by atoms with E-state index < -0.39 is 5.82 Å². The van der Waals surface area contributed by atoms with E-state index in [1.807, 2.05) is 0 Å². The SMILES string of the molecule is CCCCC(CCCC)N(C(C)=O)c1ccc(F)c(Cl)c1. The maximum atomic E-state index is 13.3. The monoisotopic (exact) mass is 313 g/mol. The van der Waals surface area contributed by atoms with Gasteiger partial charge in [0.25, 0.3) is 0 Å². The lowest BCUT2D eigenvalue weighted by Crippen LogP contribution is -2.39. The highest BCUT2D eigenvalue weighted by Gasteiger charge is 2.22. The summed E-state index contributed by atoms with van der Waals surface area (Å²) in [4.78, 5) is 13.9. The van der Waals surface area contributed by atoms with Crippen molar-refractivity contribution in [3.8, 4) is 0 Å². The summed E-state index contributed by atoms with van der Waals surface area (Å²) in [7, 11) is 0. The van der Waals surface area contributed by atoms with Crippen LogP contribution in [-0.2, 0) is 4.79 Å². The smallest absolute Gasteiger partial charge is 0.224 e. The first-order chi connectivity index (χ1) is 10.0. The van der Waals surface area contributed by atoms with Gasteiger partial charge in [-0.1, -0.05) is 51.1 Å². The van der Waals surface area contributed by atoms with Gasteiger partial charge in [0.15, 0.2) is 0 Å². The number of benzene rings is 1. The van der Waals surface area contributed by atoms with Gasteiger partial charge >= 0.3 is 0 Å². The molecule has 0 saturated carbocycles. The summed E-state index contributed by atoms with van der Waals surface area (Å²) < 4.78 is 13.3. The van der Waals surface area contributed by atoms with Crippen molar-refractivity contribution in [1.29, 1.82) is 0 Å². The van der Waals surface area contributed by atoms with Crippen molar-refractivity contribution in [3.63, 3.8) is 0 Å². The molecule has 0 heterocycles. The predicted molar refractivity (Wildman–Crippen MR) is 87.4 cm³/mol. The minimum absolute atomic E-state index is 0.0186. The minimum atomic E-state index is -0.456. The fourth-order valence-corrected chi connectivity index (χ4v) is 2.74. The number of carbonyl (C=O) groups is 1. The summed E-state index contributed by atoms with van der Waals surface area (Å²) >= 11 is 5.86. The molecule has 0 aliphatic heterocycles. The van der Waals surface area contributed by atoms with Gasteiger partial charge in [0, 0.05) is 18.7 Å². The molecule has 0 unspecified atom stereocenters. The highest BCUT2D eigenvalue weighted by Crippen LogP contribution is 2.27. The van der Waals surface area contributed by atoms with Crippen molar-refractivity contribution in [2.24, 2.45) is 0 Å². The molecule has 0 atom stereocenters. The first-order valence-electron chi connectivity index (χ1n) is 7.76. The van der Waals surface area contributed by atoms with Crippen LogP contribution in [0.2, 0.25) is 5.02 Å². The third-order valence-electron chi connectivity index (χ3n) is 3.67. The molecular formula is C17H25ClFNO.